The van der Waals surface area contributed by atoms with Gasteiger partial charge >= 0.3 is 0 Å². The maximum Gasteiger partial charge on any atom is 0.0242 e. The summed E-state index contributed by atoms with van der Waals surface area (Å²) in [4.78, 5) is 20.7. The molecule has 7 aliphatic heterocycles. The lowest BCUT2D eigenvalue weighted by atomic mass is 9.86. The predicted molar refractivity (Wildman–Crippen MR) is 338 cm³/mol. The highest BCUT2D eigenvalue weighted by Gasteiger charge is 2.44. The van der Waals surface area contributed by atoms with Crippen LogP contribution in [-0.2, 0) is 0 Å². The molecule has 0 saturated carbocycles. The quantitative estimate of drug-likeness (QED) is 0.178. The Kier molecular flexibility index (Phi) is 36.5. The van der Waals surface area contributed by atoms with Gasteiger partial charge in [0.05, 0.1) is 0 Å². The molecule has 75 heavy (non-hydrogen) atoms. The topological polar surface area (TPSA) is 25.9 Å². The molecule has 2 bridgehead atoms. The van der Waals surface area contributed by atoms with E-state index >= 15 is 0 Å². The fourth-order valence-corrected chi connectivity index (χ4v) is 12.4. The van der Waals surface area contributed by atoms with E-state index in [9.17, 15) is 0 Å². The molecule has 446 valence electrons. The molecular weight excluding hydrogens is 917 g/mol. The van der Waals surface area contributed by atoms with Crippen molar-refractivity contribution in [3.63, 3.8) is 0 Å². The molecule has 7 aliphatic rings. The molecule has 8 nitrogen and oxygen atoms in total. The van der Waals surface area contributed by atoms with Crippen molar-refractivity contribution in [1.82, 2.24) is 39.2 Å². The molecule has 5 fully saturated rings. The number of piperazine rings is 2. The highest BCUT2D eigenvalue weighted by molar-refractivity contribution is 5.10. The summed E-state index contributed by atoms with van der Waals surface area (Å²) in [6.45, 7) is 77.0. The second-order valence-corrected chi connectivity index (χ2v) is 27.4. The number of piperidine rings is 2. The van der Waals surface area contributed by atoms with Crippen LogP contribution in [0.5, 0.6) is 0 Å². The van der Waals surface area contributed by atoms with Crippen molar-refractivity contribution in [3.05, 3.63) is 23.3 Å². The number of hydrogen-bond acceptors (Lipinski definition) is 8. The average molecular weight is 1060 g/mol. The molecule has 0 spiro atoms. The van der Waals surface area contributed by atoms with Gasteiger partial charge in [0.25, 0.3) is 0 Å². The number of nitrogens with zero attached hydrogens (tertiary/aromatic N) is 8. The van der Waals surface area contributed by atoms with Gasteiger partial charge in [0.1, 0.15) is 0 Å². The van der Waals surface area contributed by atoms with Crippen LogP contribution in [0.4, 0.5) is 0 Å². The van der Waals surface area contributed by atoms with Gasteiger partial charge in [-0.3, -0.25) is 29.4 Å². The third-order valence-electron chi connectivity index (χ3n) is 18.5. The van der Waals surface area contributed by atoms with Crippen LogP contribution >= 0.6 is 0 Å². The van der Waals surface area contributed by atoms with Crippen molar-refractivity contribution in [3.8, 4) is 0 Å². The minimum absolute atomic E-state index is 0.704. The first-order valence-corrected chi connectivity index (χ1v) is 32.5. The van der Waals surface area contributed by atoms with Gasteiger partial charge in [0.15, 0.2) is 0 Å². The number of hydrogen-bond donors (Lipinski definition) is 0. The van der Waals surface area contributed by atoms with E-state index < -0.39 is 0 Å². The minimum atomic E-state index is 0.704. The van der Waals surface area contributed by atoms with Gasteiger partial charge in [0, 0.05) is 126 Å². The number of fused-ring (bicyclic) bond motifs is 2. The van der Waals surface area contributed by atoms with E-state index in [2.05, 4.69) is 218 Å². The Balaban J connectivity index is 0.000000447. The molecular formula is C67H138N8. The van der Waals surface area contributed by atoms with Crippen molar-refractivity contribution in [1.29, 1.82) is 0 Å². The molecule has 0 amide bonds. The average Bonchev–Trinajstić information content (AvgIpc) is 4.01. The Bertz CT molecular complexity index is 1270. The minimum Gasteiger partial charge on any atom is -0.301 e. The molecule has 0 aliphatic carbocycles. The van der Waals surface area contributed by atoms with Crippen molar-refractivity contribution < 1.29 is 0 Å². The first kappa shape index (κ1) is 72.2. The Morgan fingerprint density at radius 3 is 0.747 bits per heavy atom. The Hall–Kier alpha value is -0.840. The summed E-state index contributed by atoms with van der Waals surface area (Å²) in [7, 11) is 0. The molecule has 0 radical (unpaired) electrons. The predicted octanol–water partition coefficient (Wildman–Crippen LogP) is 14.9. The van der Waals surface area contributed by atoms with Crippen LogP contribution in [0, 0.1) is 35.5 Å². The van der Waals surface area contributed by atoms with Crippen LogP contribution in [0.15, 0.2) is 23.3 Å². The molecule has 0 aromatic carbocycles. The Morgan fingerprint density at radius 2 is 0.573 bits per heavy atom. The summed E-state index contributed by atoms with van der Waals surface area (Å²) in [6.07, 6.45) is 14.4. The van der Waals surface area contributed by atoms with Crippen molar-refractivity contribution in [2.24, 2.45) is 35.5 Å². The van der Waals surface area contributed by atoms with E-state index in [4.69, 9.17) is 0 Å². The summed E-state index contributed by atoms with van der Waals surface area (Å²) in [5.41, 5.74) is 3.29. The Morgan fingerprint density at radius 1 is 0.320 bits per heavy atom. The highest BCUT2D eigenvalue weighted by atomic mass is 15.4. The van der Waals surface area contributed by atoms with Gasteiger partial charge in [0.2, 0.25) is 0 Å². The summed E-state index contributed by atoms with van der Waals surface area (Å²) < 4.78 is 0. The summed E-state index contributed by atoms with van der Waals surface area (Å²) in [5.74, 6) is 5.25. The summed E-state index contributed by atoms with van der Waals surface area (Å²) in [6, 6.07) is 7.54. The fraction of sp³-hybridized carbons (Fsp3) is 0.940. The molecule has 7 heterocycles. The van der Waals surface area contributed by atoms with E-state index in [1.54, 1.807) is 11.1 Å². The molecule has 0 N–H and O–H groups in total. The first-order chi connectivity index (χ1) is 35.1. The molecule has 2 unspecified atom stereocenters. The molecule has 0 aromatic rings. The zero-order valence-electron chi connectivity index (χ0n) is 55.8. The Labute approximate surface area is 473 Å². The SMILES string of the molecule is CC.CC(C)C1=CCN(C(C)C)CC1.CC(C)C1=CCN(C(C)C)CC1.CC(C)C1CCN(C(C)C)CC1.CC(C)C1CCN(C(C)C)CC1.CC(C)N1CC2CC1CN2C(C)C.CC(C)N1CCN(C(C)C)CC1. The molecule has 2 atom stereocenters. The van der Waals surface area contributed by atoms with E-state index in [1.165, 1.54) is 123 Å². The third-order valence-corrected chi connectivity index (χ3v) is 18.5. The van der Waals surface area contributed by atoms with Gasteiger partial charge < -0.3 is 9.80 Å². The lowest BCUT2D eigenvalue weighted by Gasteiger charge is -2.38. The maximum atomic E-state index is 2.67. The lowest BCUT2D eigenvalue weighted by molar-refractivity contribution is 0.0849. The fourth-order valence-electron chi connectivity index (χ4n) is 12.4. The van der Waals surface area contributed by atoms with Crippen molar-refractivity contribution in [2.75, 3.05) is 91.6 Å². The monoisotopic (exact) mass is 1060 g/mol. The van der Waals surface area contributed by atoms with Crippen LogP contribution < -0.4 is 0 Å². The largest absolute Gasteiger partial charge is 0.301 e. The lowest BCUT2D eigenvalue weighted by Crippen LogP contribution is -2.50. The van der Waals surface area contributed by atoms with Crippen LogP contribution in [0.1, 0.15) is 225 Å². The highest BCUT2D eigenvalue weighted by Crippen LogP contribution is 2.33. The van der Waals surface area contributed by atoms with Gasteiger partial charge in [-0.1, -0.05) is 92.5 Å². The summed E-state index contributed by atoms with van der Waals surface area (Å²) in [5, 5.41) is 0. The van der Waals surface area contributed by atoms with Gasteiger partial charge in [-0.05, 0) is 217 Å². The van der Waals surface area contributed by atoms with E-state index in [1.807, 2.05) is 13.8 Å². The molecule has 8 heteroatoms. The smallest absolute Gasteiger partial charge is 0.0242 e. The van der Waals surface area contributed by atoms with Crippen LogP contribution in [-0.4, -0.2) is 191 Å². The van der Waals surface area contributed by atoms with E-state index in [0.717, 1.165) is 96.9 Å². The van der Waals surface area contributed by atoms with E-state index in [0.29, 0.717) is 12.1 Å². The van der Waals surface area contributed by atoms with Crippen molar-refractivity contribution >= 4 is 0 Å². The zero-order valence-corrected chi connectivity index (χ0v) is 55.8. The van der Waals surface area contributed by atoms with Gasteiger partial charge in [-0.2, -0.15) is 0 Å². The van der Waals surface area contributed by atoms with Gasteiger partial charge in [-0.15, -0.1) is 0 Å². The van der Waals surface area contributed by atoms with E-state index in [-0.39, 0.29) is 0 Å². The van der Waals surface area contributed by atoms with Crippen LogP contribution in [0.3, 0.4) is 0 Å². The third kappa shape index (κ3) is 27.0. The second kappa shape index (κ2) is 38.0. The zero-order chi connectivity index (χ0) is 57.3. The first-order valence-electron chi connectivity index (χ1n) is 32.5. The maximum absolute atomic E-state index is 2.67. The normalized spacial score (nSPS) is 23.5. The standard InChI is InChI=1S/C11H22N2.2C11H23N.2C11H21N.C10H22N2.C2H6/c1-8(2)12-6-11-5-10(12)7-13(11)9(3)4;5*1-9(2)11-5-7-12(8-6-11)10(3)4;1-2/h8-11H,5-7H2,1-4H3;2*9-11H,5-8H2,1-4H3;2*5,9-10H,6-8H2,1-4H3;9-10H,5-8H2,1-4H3;1-2H3. The van der Waals surface area contributed by atoms with Crippen molar-refractivity contribution in [2.45, 2.75) is 285 Å². The van der Waals surface area contributed by atoms with Gasteiger partial charge in [-0.25, -0.2) is 0 Å². The molecule has 7 rings (SSSR count). The number of likely N-dealkylation sites (tertiary alicyclic amines) is 4. The molecule has 5 saturated heterocycles. The molecule has 0 aromatic heterocycles. The van der Waals surface area contributed by atoms with Crippen LogP contribution in [0.2, 0.25) is 0 Å². The van der Waals surface area contributed by atoms with Crippen LogP contribution in [0.25, 0.3) is 0 Å². The summed E-state index contributed by atoms with van der Waals surface area (Å²) >= 11 is 0. The second-order valence-electron chi connectivity index (χ2n) is 27.4. The number of rotatable bonds is 12.